The van der Waals surface area contributed by atoms with Gasteiger partial charge in [0.05, 0.1) is 6.54 Å². The van der Waals surface area contributed by atoms with Crippen LogP contribution in [-0.2, 0) is 11.3 Å². The van der Waals surface area contributed by atoms with Crippen LogP contribution in [0.4, 0.5) is 4.79 Å². The van der Waals surface area contributed by atoms with Gasteiger partial charge in [-0.1, -0.05) is 15.9 Å². The number of carbonyl (C=O) groups excluding carboxylic acids is 1. The maximum absolute atomic E-state index is 10.8. The van der Waals surface area contributed by atoms with Crippen molar-refractivity contribution >= 4 is 22.0 Å². The monoisotopic (exact) mass is 300 g/mol. The molecule has 5 nitrogen and oxygen atoms in total. The van der Waals surface area contributed by atoms with Crippen molar-refractivity contribution in [3.63, 3.8) is 0 Å². The Morgan fingerprint density at radius 1 is 1.59 bits per heavy atom. The second-order valence-corrected chi connectivity index (χ2v) is 4.59. The zero-order chi connectivity index (χ0) is 12.3. The molecule has 0 bridgehead atoms. The van der Waals surface area contributed by atoms with Crippen molar-refractivity contribution in [1.29, 1.82) is 0 Å². The summed E-state index contributed by atoms with van der Waals surface area (Å²) in [6, 6.07) is 5.64. The van der Waals surface area contributed by atoms with E-state index in [9.17, 15) is 4.79 Å². The summed E-state index contributed by atoms with van der Waals surface area (Å²) in [5.41, 5.74) is 6.54. The minimum absolute atomic E-state index is 0.239. The number of alkyl carbamates (subject to hydrolysis) is 1. The van der Waals surface area contributed by atoms with E-state index in [1.54, 1.807) is 0 Å². The van der Waals surface area contributed by atoms with E-state index in [0.29, 0.717) is 19.7 Å². The maximum atomic E-state index is 10.8. The number of benzene rings is 1. The minimum Gasteiger partial charge on any atom is -0.489 e. The molecule has 6 heteroatoms. The lowest BCUT2D eigenvalue weighted by atomic mass is 10.2. The van der Waals surface area contributed by atoms with Crippen LogP contribution in [0, 0.1) is 0 Å². The van der Waals surface area contributed by atoms with Gasteiger partial charge >= 0.3 is 6.09 Å². The number of nitrogens with two attached hydrogens (primary N) is 1. The van der Waals surface area contributed by atoms with Crippen LogP contribution in [-0.4, -0.2) is 25.3 Å². The summed E-state index contributed by atoms with van der Waals surface area (Å²) in [7, 11) is 0. The quantitative estimate of drug-likeness (QED) is 0.881. The van der Waals surface area contributed by atoms with Crippen LogP contribution in [0.3, 0.4) is 0 Å². The predicted molar refractivity (Wildman–Crippen MR) is 65.8 cm³/mol. The van der Waals surface area contributed by atoms with Gasteiger partial charge in [-0.2, -0.15) is 0 Å². The van der Waals surface area contributed by atoms with Crippen molar-refractivity contribution in [1.82, 2.24) is 5.32 Å². The van der Waals surface area contributed by atoms with Gasteiger partial charge in [0.25, 0.3) is 0 Å². The molecule has 3 N–H and O–H groups in total. The van der Waals surface area contributed by atoms with E-state index in [-0.39, 0.29) is 6.10 Å². The molecule has 1 saturated heterocycles. The summed E-state index contributed by atoms with van der Waals surface area (Å²) in [6.07, 6.45) is -0.634. The molecule has 0 radical (unpaired) electrons. The van der Waals surface area contributed by atoms with Gasteiger partial charge in [-0.25, -0.2) is 4.79 Å². The van der Waals surface area contributed by atoms with E-state index < -0.39 is 6.09 Å². The van der Waals surface area contributed by atoms with Crippen LogP contribution < -0.4 is 15.8 Å². The summed E-state index contributed by atoms with van der Waals surface area (Å²) >= 11 is 3.37. The molecule has 1 aromatic carbocycles. The average Bonchev–Trinajstić information content (AvgIpc) is 2.73. The number of nitrogens with one attached hydrogen (secondary N) is 1. The van der Waals surface area contributed by atoms with Crippen molar-refractivity contribution in [2.45, 2.75) is 12.6 Å². The fourth-order valence-electron chi connectivity index (χ4n) is 1.56. The van der Waals surface area contributed by atoms with Crippen LogP contribution in [0.2, 0.25) is 0 Å². The number of rotatable bonds is 4. The van der Waals surface area contributed by atoms with Crippen molar-refractivity contribution < 1.29 is 14.3 Å². The highest BCUT2D eigenvalue weighted by molar-refractivity contribution is 9.10. The summed E-state index contributed by atoms with van der Waals surface area (Å²) in [6.45, 7) is 1.21. The SMILES string of the molecule is NCc1cc(Br)ccc1OCC1CNC(=O)O1. The van der Waals surface area contributed by atoms with Gasteiger partial charge in [-0.15, -0.1) is 0 Å². The molecule has 1 atom stereocenters. The van der Waals surface area contributed by atoms with Gasteiger partial charge in [0, 0.05) is 16.6 Å². The zero-order valence-electron chi connectivity index (χ0n) is 9.11. The molecule has 1 unspecified atom stereocenters. The molecule has 1 amide bonds. The Labute approximate surface area is 107 Å². The Hall–Kier alpha value is -1.27. The van der Waals surface area contributed by atoms with Crippen LogP contribution in [0.15, 0.2) is 22.7 Å². The van der Waals surface area contributed by atoms with Crippen molar-refractivity contribution in [2.75, 3.05) is 13.2 Å². The average molecular weight is 301 g/mol. The topological polar surface area (TPSA) is 73.6 Å². The van der Waals surface area contributed by atoms with Gasteiger partial charge in [-0.3, -0.25) is 0 Å². The number of halogens is 1. The van der Waals surface area contributed by atoms with Crippen molar-refractivity contribution in [3.8, 4) is 5.75 Å². The summed E-state index contributed by atoms with van der Waals surface area (Å²) in [5, 5.41) is 2.57. The molecular formula is C11H13BrN2O3. The first-order valence-electron chi connectivity index (χ1n) is 5.25. The Morgan fingerprint density at radius 3 is 3.06 bits per heavy atom. The lowest BCUT2D eigenvalue weighted by Gasteiger charge is -2.13. The Balaban J connectivity index is 1.96. The summed E-state index contributed by atoms with van der Waals surface area (Å²) in [4.78, 5) is 10.8. The number of carbonyl (C=O) groups is 1. The predicted octanol–water partition coefficient (Wildman–Crippen LogP) is 1.40. The number of hydrogen-bond donors (Lipinski definition) is 2. The van der Waals surface area contributed by atoms with E-state index in [0.717, 1.165) is 15.8 Å². The normalized spacial score (nSPS) is 18.7. The third kappa shape index (κ3) is 3.10. The Morgan fingerprint density at radius 2 is 2.41 bits per heavy atom. The summed E-state index contributed by atoms with van der Waals surface area (Å²) in [5.74, 6) is 0.721. The molecule has 1 aliphatic rings. The second kappa shape index (κ2) is 5.37. The standard InChI is InChI=1S/C11H13BrN2O3/c12-8-1-2-10(7(3-8)4-13)16-6-9-5-14-11(15)17-9/h1-3,9H,4-6,13H2,(H,14,15). The molecule has 2 rings (SSSR count). The van der Waals surface area contributed by atoms with Crippen LogP contribution in [0.25, 0.3) is 0 Å². The number of amides is 1. The zero-order valence-corrected chi connectivity index (χ0v) is 10.7. The molecule has 0 aliphatic carbocycles. The fraction of sp³-hybridized carbons (Fsp3) is 0.364. The highest BCUT2D eigenvalue weighted by Gasteiger charge is 2.23. The molecule has 0 spiro atoms. The van der Waals surface area contributed by atoms with E-state index in [4.69, 9.17) is 15.2 Å². The first-order valence-corrected chi connectivity index (χ1v) is 6.04. The lowest BCUT2D eigenvalue weighted by Crippen LogP contribution is -2.22. The first-order chi connectivity index (χ1) is 8.19. The van der Waals surface area contributed by atoms with Gasteiger partial charge in [0.2, 0.25) is 0 Å². The molecule has 17 heavy (non-hydrogen) atoms. The van der Waals surface area contributed by atoms with Crippen LogP contribution in [0.1, 0.15) is 5.56 Å². The molecule has 1 aromatic rings. The molecule has 0 saturated carbocycles. The largest absolute Gasteiger partial charge is 0.489 e. The minimum atomic E-state index is -0.395. The van der Waals surface area contributed by atoms with Gasteiger partial charge in [-0.05, 0) is 18.2 Å². The third-order valence-corrected chi connectivity index (χ3v) is 2.91. The Bertz CT molecular complexity index is 425. The fourth-order valence-corrected chi connectivity index (χ4v) is 1.96. The van der Waals surface area contributed by atoms with Crippen LogP contribution in [0.5, 0.6) is 5.75 Å². The first kappa shape index (κ1) is 12.2. The van der Waals surface area contributed by atoms with Crippen molar-refractivity contribution in [2.24, 2.45) is 5.73 Å². The smallest absolute Gasteiger partial charge is 0.407 e. The van der Waals surface area contributed by atoms with E-state index in [1.807, 2.05) is 18.2 Å². The van der Waals surface area contributed by atoms with E-state index in [2.05, 4.69) is 21.2 Å². The molecule has 1 fully saturated rings. The molecule has 1 heterocycles. The van der Waals surface area contributed by atoms with Gasteiger partial charge in [0.1, 0.15) is 12.4 Å². The van der Waals surface area contributed by atoms with Crippen LogP contribution >= 0.6 is 15.9 Å². The summed E-state index contributed by atoms with van der Waals surface area (Å²) < 4.78 is 11.5. The molecule has 1 aliphatic heterocycles. The van der Waals surface area contributed by atoms with Gasteiger partial charge < -0.3 is 20.5 Å². The Kier molecular flexibility index (Phi) is 3.86. The third-order valence-electron chi connectivity index (χ3n) is 2.41. The number of cyclic esters (lactones) is 1. The number of ether oxygens (including phenoxy) is 2. The molecule has 0 aromatic heterocycles. The van der Waals surface area contributed by atoms with E-state index >= 15 is 0 Å². The maximum Gasteiger partial charge on any atom is 0.407 e. The highest BCUT2D eigenvalue weighted by Crippen LogP contribution is 2.23. The molecule has 92 valence electrons. The van der Waals surface area contributed by atoms with E-state index in [1.165, 1.54) is 0 Å². The highest BCUT2D eigenvalue weighted by atomic mass is 79.9. The van der Waals surface area contributed by atoms with Crippen molar-refractivity contribution in [3.05, 3.63) is 28.2 Å². The molecular weight excluding hydrogens is 288 g/mol. The lowest BCUT2D eigenvalue weighted by molar-refractivity contribution is 0.104. The second-order valence-electron chi connectivity index (χ2n) is 3.68. The number of hydrogen-bond acceptors (Lipinski definition) is 4. The van der Waals surface area contributed by atoms with Gasteiger partial charge in [0.15, 0.2) is 6.10 Å².